The van der Waals surface area contributed by atoms with Crippen LogP contribution in [0.25, 0.3) is 0 Å². The molecule has 2 aliphatic rings. The summed E-state index contributed by atoms with van der Waals surface area (Å²) in [7, 11) is 0. The smallest absolute Gasteiger partial charge is 0.372 e. The Morgan fingerprint density at radius 2 is 1.88 bits per heavy atom. The first-order valence-electron chi connectivity index (χ1n) is 10.6. The van der Waals surface area contributed by atoms with Gasteiger partial charge in [-0.15, -0.1) is 0 Å². The van der Waals surface area contributed by atoms with Crippen LogP contribution in [-0.4, -0.2) is 35.5 Å². The predicted octanol–water partition coefficient (Wildman–Crippen LogP) is 4.26. The lowest BCUT2D eigenvalue weighted by atomic mass is 10.0. The van der Waals surface area contributed by atoms with E-state index < -0.39 is 17.6 Å². The van der Waals surface area contributed by atoms with E-state index in [9.17, 15) is 22.8 Å². The summed E-state index contributed by atoms with van der Waals surface area (Å²) in [6.45, 7) is 4.93. The van der Waals surface area contributed by atoms with E-state index in [1.165, 1.54) is 19.1 Å². The molecule has 0 radical (unpaired) electrons. The summed E-state index contributed by atoms with van der Waals surface area (Å²) in [6.07, 6.45) is -2.30. The van der Waals surface area contributed by atoms with Crippen LogP contribution in [-0.2, 0) is 17.5 Å². The molecule has 33 heavy (non-hydrogen) atoms. The van der Waals surface area contributed by atoms with Crippen LogP contribution in [0, 0.1) is 6.92 Å². The Morgan fingerprint density at radius 3 is 2.55 bits per heavy atom. The zero-order valence-electron chi connectivity index (χ0n) is 18.2. The minimum atomic E-state index is -4.51. The maximum Gasteiger partial charge on any atom is 0.416 e. The Labute approximate surface area is 189 Å². The van der Waals surface area contributed by atoms with Gasteiger partial charge in [-0.2, -0.15) is 23.3 Å². The molecule has 2 aromatic rings. The molecule has 9 heteroatoms. The van der Waals surface area contributed by atoms with Crippen molar-refractivity contribution in [2.45, 2.75) is 33.0 Å². The van der Waals surface area contributed by atoms with Crippen LogP contribution in [0.5, 0.6) is 0 Å². The lowest BCUT2D eigenvalue weighted by molar-refractivity contribution is -0.138. The Balaban J connectivity index is 1.51. The molecule has 6 nitrogen and oxygen atoms in total. The summed E-state index contributed by atoms with van der Waals surface area (Å²) < 4.78 is 39.9. The minimum Gasteiger partial charge on any atom is -0.372 e. The number of hydrogen-bond acceptors (Lipinski definition) is 4. The second kappa shape index (κ2) is 8.73. The molecule has 1 N–H and O–H groups in total. The van der Waals surface area contributed by atoms with Crippen molar-refractivity contribution in [2.75, 3.05) is 18.1 Å². The van der Waals surface area contributed by atoms with Gasteiger partial charge in [0.05, 0.1) is 22.5 Å². The molecule has 0 saturated carbocycles. The number of carbonyl (C=O) groups excluding carboxylic acids is 2. The maximum absolute atomic E-state index is 13.3. The molecule has 0 fully saturated rings. The van der Waals surface area contributed by atoms with E-state index in [1.807, 2.05) is 24.0 Å². The second-order valence-corrected chi connectivity index (χ2v) is 7.98. The van der Waals surface area contributed by atoms with E-state index in [4.69, 9.17) is 0 Å². The van der Waals surface area contributed by atoms with Crippen molar-refractivity contribution < 1.29 is 22.8 Å². The quantitative estimate of drug-likeness (QED) is 0.732. The topological polar surface area (TPSA) is 65.0 Å². The lowest BCUT2D eigenvalue weighted by Gasteiger charge is -2.25. The number of halogens is 3. The van der Waals surface area contributed by atoms with Crippen LogP contribution >= 0.6 is 0 Å². The third-order valence-electron chi connectivity index (χ3n) is 5.61. The van der Waals surface area contributed by atoms with Gasteiger partial charge >= 0.3 is 6.18 Å². The van der Waals surface area contributed by atoms with Crippen molar-refractivity contribution in [1.29, 1.82) is 0 Å². The number of hydrazone groups is 1. The van der Waals surface area contributed by atoms with E-state index in [2.05, 4.69) is 10.4 Å². The average Bonchev–Trinajstić information content (AvgIpc) is 3.10. The summed E-state index contributed by atoms with van der Waals surface area (Å²) in [4.78, 5) is 26.8. The molecule has 0 spiro atoms. The third kappa shape index (κ3) is 4.62. The van der Waals surface area contributed by atoms with Crippen LogP contribution in [0.2, 0.25) is 0 Å². The molecule has 2 aliphatic heterocycles. The highest BCUT2D eigenvalue weighted by atomic mass is 19.4. The standard InChI is InChI=1S/C24H23F3N4O2/c1-3-28-22(32)17-7-5-16(6-8-17)13-30-11-10-21-19(14-30)23(33)31(29-21)18-9-4-15(2)20(12-18)24(25,26)27/h4-9,12,14H,3,10-11,13H2,1-2H3,(H,28,32). The summed E-state index contributed by atoms with van der Waals surface area (Å²) in [5, 5.41) is 8.09. The Morgan fingerprint density at radius 1 is 1.15 bits per heavy atom. The van der Waals surface area contributed by atoms with Gasteiger partial charge in [-0.3, -0.25) is 9.59 Å². The number of anilines is 1. The Hall–Kier alpha value is -3.62. The van der Waals surface area contributed by atoms with Crippen molar-refractivity contribution >= 4 is 23.2 Å². The minimum absolute atomic E-state index is 0.0894. The summed E-state index contributed by atoms with van der Waals surface area (Å²) >= 11 is 0. The van der Waals surface area contributed by atoms with Crippen molar-refractivity contribution in [3.63, 3.8) is 0 Å². The van der Waals surface area contributed by atoms with Gasteiger partial charge in [-0.05, 0) is 49.2 Å². The van der Waals surface area contributed by atoms with Crippen LogP contribution < -0.4 is 10.3 Å². The summed E-state index contributed by atoms with van der Waals surface area (Å²) in [5.41, 5.74) is 1.89. The van der Waals surface area contributed by atoms with Gasteiger partial charge in [0.15, 0.2) is 0 Å². The van der Waals surface area contributed by atoms with Crippen LogP contribution in [0.15, 0.2) is 59.3 Å². The fourth-order valence-electron chi connectivity index (χ4n) is 3.87. The largest absolute Gasteiger partial charge is 0.416 e. The number of benzene rings is 2. The van der Waals surface area contributed by atoms with Gasteiger partial charge in [0, 0.05) is 37.8 Å². The van der Waals surface area contributed by atoms with Crippen LogP contribution in [0.1, 0.15) is 40.4 Å². The number of nitrogens with zero attached hydrogens (tertiary/aromatic N) is 3. The highest BCUT2D eigenvalue weighted by molar-refractivity contribution is 6.30. The maximum atomic E-state index is 13.3. The van der Waals surface area contributed by atoms with E-state index in [0.29, 0.717) is 42.9 Å². The normalized spacial score (nSPS) is 15.8. The van der Waals surface area contributed by atoms with Crippen LogP contribution in [0.4, 0.5) is 18.9 Å². The lowest BCUT2D eigenvalue weighted by Crippen LogP contribution is -2.29. The van der Waals surface area contributed by atoms with E-state index in [1.54, 1.807) is 18.3 Å². The summed E-state index contributed by atoms with van der Waals surface area (Å²) in [6, 6.07) is 11.0. The number of carbonyl (C=O) groups is 2. The zero-order valence-corrected chi connectivity index (χ0v) is 18.2. The summed E-state index contributed by atoms with van der Waals surface area (Å²) in [5.74, 6) is -0.579. The molecule has 4 rings (SSSR count). The number of hydrogen-bond donors (Lipinski definition) is 1. The molecule has 2 amide bonds. The molecule has 0 aliphatic carbocycles. The predicted molar refractivity (Wildman–Crippen MR) is 119 cm³/mol. The van der Waals surface area contributed by atoms with Crippen molar-refractivity contribution in [3.8, 4) is 0 Å². The molecular formula is C24H23F3N4O2. The van der Waals surface area contributed by atoms with Gasteiger partial charge < -0.3 is 10.2 Å². The Bertz CT molecular complexity index is 1150. The van der Waals surface area contributed by atoms with Crippen molar-refractivity contribution in [3.05, 3.63) is 76.5 Å². The molecule has 0 atom stereocenters. The van der Waals surface area contributed by atoms with Gasteiger partial charge in [0.1, 0.15) is 0 Å². The monoisotopic (exact) mass is 456 g/mol. The highest BCUT2D eigenvalue weighted by Crippen LogP contribution is 2.36. The number of nitrogens with one attached hydrogen (secondary N) is 1. The molecule has 2 heterocycles. The zero-order chi connectivity index (χ0) is 23.8. The molecule has 0 bridgehead atoms. The van der Waals surface area contributed by atoms with Gasteiger partial charge in [-0.1, -0.05) is 18.2 Å². The first-order chi connectivity index (χ1) is 15.7. The molecule has 0 aromatic heterocycles. The fourth-order valence-corrected chi connectivity index (χ4v) is 3.87. The molecule has 172 valence electrons. The van der Waals surface area contributed by atoms with E-state index in [-0.39, 0.29) is 17.2 Å². The van der Waals surface area contributed by atoms with Gasteiger partial charge in [-0.25, -0.2) is 0 Å². The van der Waals surface area contributed by atoms with E-state index >= 15 is 0 Å². The average molecular weight is 456 g/mol. The van der Waals surface area contributed by atoms with Crippen molar-refractivity contribution in [1.82, 2.24) is 10.2 Å². The van der Waals surface area contributed by atoms with Crippen molar-refractivity contribution in [2.24, 2.45) is 5.10 Å². The number of fused-ring (bicyclic) bond motifs is 1. The van der Waals surface area contributed by atoms with E-state index in [0.717, 1.165) is 16.6 Å². The van der Waals surface area contributed by atoms with Crippen LogP contribution in [0.3, 0.4) is 0 Å². The number of alkyl halides is 3. The fraction of sp³-hybridized carbons (Fsp3) is 0.292. The van der Waals surface area contributed by atoms with Gasteiger partial charge in [0.2, 0.25) is 0 Å². The molecule has 2 aromatic carbocycles. The molecule has 0 saturated heterocycles. The second-order valence-electron chi connectivity index (χ2n) is 7.98. The number of rotatable bonds is 5. The SMILES string of the molecule is CCNC(=O)c1ccc(CN2C=C3C(=O)N(c4ccc(C)c(C(F)(F)F)c4)N=C3CC2)cc1. The third-order valence-corrected chi connectivity index (χ3v) is 5.61. The first-order valence-corrected chi connectivity index (χ1v) is 10.6. The Kier molecular flexibility index (Phi) is 5.97. The highest BCUT2D eigenvalue weighted by Gasteiger charge is 2.37. The molecular weight excluding hydrogens is 433 g/mol. The molecule has 0 unspecified atom stereocenters. The first kappa shape index (κ1) is 22.6. The number of aryl methyl sites for hydroxylation is 1. The van der Waals surface area contributed by atoms with Gasteiger partial charge in [0.25, 0.3) is 11.8 Å². The number of amides is 2.